The molecule has 9 nitrogen and oxygen atoms in total. The van der Waals surface area contributed by atoms with Crippen LogP contribution in [0.2, 0.25) is 0 Å². The number of rotatable bonds is 7. The number of fused-ring (bicyclic) bond motifs is 1. The van der Waals surface area contributed by atoms with Crippen LogP contribution >= 0.6 is 0 Å². The van der Waals surface area contributed by atoms with Gasteiger partial charge in [0.25, 0.3) is 0 Å². The van der Waals surface area contributed by atoms with Crippen LogP contribution in [0.25, 0.3) is 33.3 Å². The van der Waals surface area contributed by atoms with E-state index in [1.165, 1.54) is 30.5 Å². The lowest BCUT2D eigenvalue weighted by Gasteiger charge is -2.13. The highest BCUT2D eigenvalue weighted by Crippen LogP contribution is 2.45. The maximum absolute atomic E-state index is 15.7. The zero-order valence-corrected chi connectivity index (χ0v) is 23.0. The number of aromatic nitrogens is 4. The van der Waals surface area contributed by atoms with Gasteiger partial charge in [-0.15, -0.1) is 0 Å². The second kappa shape index (κ2) is 10.7. The third kappa shape index (κ3) is 4.90. The van der Waals surface area contributed by atoms with E-state index in [0.29, 0.717) is 39.0 Å². The number of nitriles is 1. The van der Waals surface area contributed by atoms with E-state index in [2.05, 4.69) is 27.6 Å². The molecule has 0 saturated heterocycles. The van der Waals surface area contributed by atoms with Crippen LogP contribution in [-0.2, 0) is 18.3 Å². The van der Waals surface area contributed by atoms with Gasteiger partial charge in [0.05, 0.1) is 22.2 Å². The summed E-state index contributed by atoms with van der Waals surface area (Å²) >= 11 is 0. The zero-order chi connectivity index (χ0) is 30.3. The Bertz CT molecular complexity index is 1980. The van der Waals surface area contributed by atoms with Crippen molar-refractivity contribution in [2.75, 3.05) is 5.73 Å². The number of halogens is 2. The maximum atomic E-state index is 15.7. The third-order valence-corrected chi connectivity index (χ3v) is 7.04. The number of aryl methyl sites for hydroxylation is 3. The number of nitrogens with zero attached hydrogens (tertiary/aromatic N) is 5. The second-order valence-corrected chi connectivity index (χ2v) is 9.80. The molecule has 5 rings (SSSR count). The molecule has 0 aliphatic rings. The van der Waals surface area contributed by atoms with Crippen molar-refractivity contribution in [1.29, 1.82) is 5.26 Å². The number of hydrogen-bond donors (Lipinski definition) is 2. The van der Waals surface area contributed by atoms with Crippen LogP contribution in [0.4, 0.5) is 14.6 Å². The van der Waals surface area contributed by atoms with Crippen molar-refractivity contribution in [2.45, 2.75) is 20.3 Å². The van der Waals surface area contributed by atoms with Crippen molar-refractivity contribution < 1.29 is 18.3 Å². The number of primary amides is 1. The van der Waals surface area contributed by atoms with Gasteiger partial charge in [-0.1, -0.05) is 18.7 Å². The standard InChI is InChI=1S/C31H25F2N7O2/c1-15(30(36)41)9-18-5-7-21(22(32)10-18)28-25(26-27(40(28)4)20(12-34)14-37-29(26)35)19-6-8-24(23(33)11-19)42-31-38-13-16(2)17(3)39-31/h5-8,10-11,13-14H,1,9H2,2-4H3,(H2,35,37)(H2,36,41). The van der Waals surface area contributed by atoms with Crippen LogP contribution in [0.15, 0.2) is 60.9 Å². The van der Waals surface area contributed by atoms with E-state index in [1.54, 1.807) is 36.9 Å². The molecule has 0 bridgehead atoms. The van der Waals surface area contributed by atoms with Gasteiger partial charge in [-0.3, -0.25) is 4.79 Å². The average Bonchev–Trinajstić information content (AvgIpc) is 3.25. The van der Waals surface area contributed by atoms with Crippen LogP contribution in [0.5, 0.6) is 11.8 Å². The van der Waals surface area contributed by atoms with E-state index in [1.807, 2.05) is 6.92 Å². The van der Waals surface area contributed by atoms with Gasteiger partial charge >= 0.3 is 6.01 Å². The Labute approximate surface area is 239 Å². The Hall–Kier alpha value is -5.63. The van der Waals surface area contributed by atoms with Gasteiger partial charge in [0.1, 0.15) is 17.7 Å². The first-order chi connectivity index (χ1) is 20.0. The van der Waals surface area contributed by atoms with Gasteiger partial charge < -0.3 is 20.8 Å². The minimum absolute atomic E-state index is 0.0103. The first-order valence-electron chi connectivity index (χ1n) is 12.7. The zero-order valence-electron chi connectivity index (χ0n) is 23.0. The van der Waals surface area contributed by atoms with Crippen LogP contribution < -0.4 is 16.2 Å². The van der Waals surface area contributed by atoms with Crippen LogP contribution in [0.3, 0.4) is 0 Å². The minimum atomic E-state index is -0.721. The van der Waals surface area contributed by atoms with Gasteiger partial charge in [0, 0.05) is 48.3 Å². The molecule has 0 unspecified atom stereocenters. The highest BCUT2D eigenvalue weighted by atomic mass is 19.1. The van der Waals surface area contributed by atoms with Gasteiger partial charge in [-0.25, -0.2) is 18.7 Å². The molecule has 1 amide bonds. The Kier molecular flexibility index (Phi) is 7.14. The molecule has 4 N–H and O–H groups in total. The number of pyridine rings is 1. The molecular weight excluding hydrogens is 540 g/mol. The number of hydrogen-bond acceptors (Lipinski definition) is 7. The Morgan fingerprint density at radius 1 is 1.12 bits per heavy atom. The van der Waals surface area contributed by atoms with Crippen molar-refractivity contribution >= 4 is 22.6 Å². The maximum Gasteiger partial charge on any atom is 0.322 e. The van der Waals surface area contributed by atoms with Crippen molar-refractivity contribution in [3.05, 3.63) is 95.0 Å². The quantitative estimate of drug-likeness (QED) is 0.251. The summed E-state index contributed by atoms with van der Waals surface area (Å²) in [6, 6.07) is 10.8. The van der Waals surface area contributed by atoms with E-state index < -0.39 is 17.5 Å². The van der Waals surface area contributed by atoms with Gasteiger partial charge in [-0.05, 0) is 54.8 Å². The number of benzene rings is 2. The smallest absolute Gasteiger partial charge is 0.322 e. The summed E-state index contributed by atoms with van der Waals surface area (Å²) in [5.41, 5.74) is 15.6. The molecule has 5 aromatic rings. The number of nitrogens with two attached hydrogens (primary N) is 2. The highest BCUT2D eigenvalue weighted by Gasteiger charge is 2.26. The summed E-state index contributed by atoms with van der Waals surface area (Å²) in [6.07, 6.45) is 2.99. The van der Waals surface area contributed by atoms with Crippen molar-refractivity contribution in [3.8, 4) is 40.2 Å². The molecule has 2 aromatic carbocycles. The topological polar surface area (TPSA) is 146 Å². The number of carbonyl (C=O) groups excluding carboxylic acids is 1. The van der Waals surface area contributed by atoms with E-state index in [4.69, 9.17) is 16.2 Å². The predicted octanol–water partition coefficient (Wildman–Crippen LogP) is 5.42. The molecule has 0 fully saturated rings. The number of anilines is 1. The molecule has 0 spiro atoms. The fourth-order valence-electron chi connectivity index (χ4n) is 4.77. The molecule has 0 radical (unpaired) electrons. The predicted molar refractivity (Wildman–Crippen MR) is 154 cm³/mol. The average molecular weight is 566 g/mol. The lowest BCUT2D eigenvalue weighted by Crippen LogP contribution is -2.14. The summed E-state index contributed by atoms with van der Waals surface area (Å²) in [5, 5.41) is 10.2. The lowest BCUT2D eigenvalue weighted by atomic mass is 9.96. The first kappa shape index (κ1) is 27.9. The van der Waals surface area contributed by atoms with E-state index in [0.717, 1.165) is 5.56 Å². The van der Waals surface area contributed by atoms with Crippen molar-refractivity contribution in [3.63, 3.8) is 0 Å². The monoisotopic (exact) mass is 565 g/mol. The van der Waals surface area contributed by atoms with Gasteiger partial charge in [0.15, 0.2) is 11.6 Å². The molecule has 0 aliphatic heterocycles. The fourth-order valence-corrected chi connectivity index (χ4v) is 4.77. The number of nitrogen functional groups attached to an aromatic ring is 1. The normalized spacial score (nSPS) is 11.0. The molecule has 210 valence electrons. The Morgan fingerprint density at radius 3 is 2.52 bits per heavy atom. The Balaban J connectivity index is 1.69. The second-order valence-electron chi connectivity index (χ2n) is 9.80. The van der Waals surface area contributed by atoms with Crippen LogP contribution in [0, 0.1) is 36.8 Å². The molecule has 0 atom stereocenters. The van der Waals surface area contributed by atoms with Crippen LogP contribution in [0.1, 0.15) is 22.4 Å². The minimum Gasteiger partial charge on any atom is -0.421 e. The van der Waals surface area contributed by atoms with Gasteiger partial charge in [-0.2, -0.15) is 10.2 Å². The molecule has 0 aliphatic carbocycles. The summed E-state index contributed by atoms with van der Waals surface area (Å²) in [5.74, 6) is -2.05. The molecule has 3 heterocycles. The summed E-state index contributed by atoms with van der Waals surface area (Å²) in [7, 11) is 1.66. The van der Waals surface area contributed by atoms with E-state index >= 15 is 8.78 Å². The number of carbonyl (C=O) groups is 1. The highest BCUT2D eigenvalue weighted by molar-refractivity contribution is 6.10. The molecular formula is C31H25F2N7O2. The molecule has 0 saturated carbocycles. The molecule has 11 heteroatoms. The van der Waals surface area contributed by atoms with Crippen LogP contribution in [-0.4, -0.2) is 25.4 Å². The van der Waals surface area contributed by atoms with Crippen molar-refractivity contribution in [1.82, 2.24) is 19.5 Å². The van der Waals surface area contributed by atoms with E-state index in [9.17, 15) is 10.1 Å². The largest absolute Gasteiger partial charge is 0.421 e. The summed E-state index contributed by atoms with van der Waals surface area (Å²) in [4.78, 5) is 23.9. The Morgan fingerprint density at radius 2 is 1.88 bits per heavy atom. The lowest BCUT2D eigenvalue weighted by molar-refractivity contribution is -0.114. The van der Waals surface area contributed by atoms with E-state index in [-0.39, 0.29) is 40.7 Å². The number of amides is 1. The fraction of sp³-hybridized carbons (Fsp3) is 0.129. The summed E-state index contributed by atoms with van der Waals surface area (Å²) in [6.45, 7) is 7.27. The molecule has 42 heavy (non-hydrogen) atoms. The molecule has 3 aromatic heterocycles. The SMILES string of the molecule is C=C(Cc1ccc(-c2c(-c3ccc(Oc4ncc(C)c(C)n4)c(F)c3)c3c(N)ncc(C#N)c3n2C)c(F)c1)C(N)=O. The number of ether oxygens (including phenoxy) is 1. The third-order valence-electron chi connectivity index (χ3n) is 7.04. The van der Waals surface area contributed by atoms with Gasteiger partial charge in [0.2, 0.25) is 5.91 Å². The van der Waals surface area contributed by atoms with Crippen molar-refractivity contribution in [2.24, 2.45) is 12.8 Å². The summed E-state index contributed by atoms with van der Waals surface area (Å²) < 4.78 is 38.5. The first-order valence-corrected chi connectivity index (χ1v) is 12.7.